The van der Waals surface area contributed by atoms with Crippen molar-refractivity contribution in [2.45, 2.75) is 26.7 Å². The molecule has 0 aliphatic heterocycles. The number of anilines is 1. The van der Waals surface area contributed by atoms with Crippen molar-refractivity contribution < 1.29 is 7.65 Å². The molecular weight excluding hydrogens is 236 g/mol. The van der Waals surface area contributed by atoms with Gasteiger partial charge in [0, 0.05) is 20.6 Å². The van der Waals surface area contributed by atoms with E-state index in [-0.39, 0.29) is 16.2 Å². The average Bonchev–Trinajstić information content (AvgIpc) is 2.40. The molecule has 1 aromatic carbocycles. The Morgan fingerprint density at radius 1 is 1.37 bits per heavy atom. The Hall–Kier alpha value is -2.03. The van der Waals surface area contributed by atoms with Gasteiger partial charge in [-0.3, -0.25) is 4.79 Å². The summed E-state index contributed by atoms with van der Waals surface area (Å²) in [7, 11) is 0. The maximum Gasteiger partial charge on any atom is 0.251 e. The molecule has 0 saturated heterocycles. The number of nitrogens with two attached hydrogens (primary N) is 1. The molecule has 2 rings (SSSR count). The minimum atomic E-state index is -0.0670. The van der Waals surface area contributed by atoms with Crippen LogP contribution in [0.2, 0.25) is 0 Å². The third-order valence-corrected chi connectivity index (χ3v) is 2.92. The summed E-state index contributed by atoms with van der Waals surface area (Å²) in [5, 5.41) is 2.90. The second kappa shape index (κ2) is 7.41. The molecule has 1 aliphatic rings. The third-order valence-electron chi connectivity index (χ3n) is 2.92. The molecule has 0 heterocycles. The fraction of sp³-hybridized carbons (Fsp3) is 0.312. The zero-order valence-corrected chi connectivity index (χ0v) is 10.4. The Labute approximate surface area is 118 Å². The van der Waals surface area contributed by atoms with Crippen molar-refractivity contribution in [1.82, 2.24) is 5.32 Å². The van der Waals surface area contributed by atoms with E-state index in [0.29, 0.717) is 17.8 Å². The maximum absolute atomic E-state index is 11.8. The van der Waals surface area contributed by atoms with Crippen LogP contribution in [0.1, 0.15) is 39.9 Å². The van der Waals surface area contributed by atoms with E-state index in [9.17, 15) is 4.79 Å². The number of nitrogen functional groups attached to an aromatic ring is 1. The lowest BCUT2D eigenvalue weighted by atomic mass is 10.0. The van der Waals surface area contributed by atoms with Gasteiger partial charge in [0.2, 0.25) is 0 Å². The van der Waals surface area contributed by atoms with Gasteiger partial charge in [-0.15, -0.1) is 0 Å². The van der Waals surface area contributed by atoms with Crippen LogP contribution in [0, 0.1) is 0 Å². The molecule has 19 heavy (non-hydrogen) atoms. The molecule has 0 atom stereocenters. The summed E-state index contributed by atoms with van der Waals surface area (Å²) in [5.74, 6) is -0.0670. The second-order valence-corrected chi connectivity index (χ2v) is 4.39. The van der Waals surface area contributed by atoms with Crippen LogP contribution in [0.15, 0.2) is 48.1 Å². The van der Waals surface area contributed by atoms with Crippen molar-refractivity contribution in [1.29, 1.82) is 0 Å². The predicted octanol–water partition coefficient (Wildman–Crippen LogP) is 3.79. The van der Waals surface area contributed by atoms with Gasteiger partial charge < -0.3 is 11.1 Å². The number of hydrogen-bond donors (Lipinski definition) is 2. The standard InChI is InChI=1S/C15H18N2O.CH4.2H2/c16-14-8-4-7-13(11-14)15(18)17-10-9-12-5-2-1-3-6-12;;;/h2,4-8,11H,1,3,9-10,16H2,(H,17,18);1H4;2*1H. The first kappa shape index (κ1) is 15.0. The van der Waals surface area contributed by atoms with Gasteiger partial charge >= 0.3 is 0 Å². The van der Waals surface area contributed by atoms with Crippen molar-refractivity contribution in [2.24, 2.45) is 0 Å². The van der Waals surface area contributed by atoms with E-state index in [1.807, 2.05) is 0 Å². The van der Waals surface area contributed by atoms with Crippen molar-refractivity contribution in [3.05, 3.63) is 53.6 Å². The maximum atomic E-state index is 11.8. The van der Waals surface area contributed by atoms with Gasteiger partial charge in [0.15, 0.2) is 0 Å². The summed E-state index contributed by atoms with van der Waals surface area (Å²) in [6.07, 6.45) is 9.65. The Bertz CT molecular complexity index is 499. The van der Waals surface area contributed by atoms with Crippen LogP contribution in [0.5, 0.6) is 0 Å². The van der Waals surface area contributed by atoms with Crippen molar-refractivity contribution in [3.63, 3.8) is 0 Å². The van der Waals surface area contributed by atoms with E-state index in [4.69, 9.17) is 5.73 Å². The highest BCUT2D eigenvalue weighted by atomic mass is 16.1. The summed E-state index contributed by atoms with van der Waals surface area (Å²) in [6, 6.07) is 7.02. The van der Waals surface area contributed by atoms with Crippen LogP contribution in [0.25, 0.3) is 0 Å². The zero-order valence-electron chi connectivity index (χ0n) is 10.4. The summed E-state index contributed by atoms with van der Waals surface area (Å²) >= 11 is 0. The number of amides is 1. The Kier molecular flexibility index (Phi) is 5.86. The minimum Gasteiger partial charge on any atom is -0.399 e. The van der Waals surface area contributed by atoms with Crippen molar-refractivity contribution >= 4 is 11.6 Å². The van der Waals surface area contributed by atoms with E-state index in [2.05, 4.69) is 23.5 Å². The van der Waals surface area contributed by atoms with Gasteiger partial charge in [-0.1, -0.05) is 37.3 Å². The van der Waals surface area contributed by atoms with E-state index in [1.165, 1.54) is 5.57 Å². The van der Waals surface area contributed by atoms with Crippen LogP contribution in [-0.4, -0.2) is 12.5 Å². The third kappa shape index (κ3) is 4.62. The number of hydrogen-bond acceptors (Lipinski definition) is 2. The molecule has 1 aromatic rings. The van der Waals surface area contributed by atoms with Crippen LogP contribution in [0.3, 0.4) is 0 Å². The number of nitrogens with one attached hydrogen (secondary N) is 1. The lowest BCUT2D eigenvalue weighted by molar-refractivity contribution is 0.0954. The summed E-state index contributed by atoms with van der Waals surface area (Å²) < 4.78 is 0. The molecule has 106 valence electrons. The summed E-state index contributed by atoms with van der Waals surface area (Å²) in [6.45, 7) is 0.657. The molecule has 3 nitrogen and oxygen atoms in total. The van der Waals surface area contributed by atoms with Crippen LogP contribution in [0.4, 0.5) is 5.69 Å². The molecular formula is C16H26N2O. The normalized spacial score (nSPS) is 13.4. The van der Waals surface area contributed by atoms with Crippen molar-refractivity contribution in [3.8, 4) is 0 Å². The predicted molar refractivity (Wildman–Crippen MR) is 85.2 cm³/mol. The van der Waals surface area contributed by atoms with Gasteiger partial charge in [-0.2, -0.15) is 0 Å². The van der Waals surface area contributed by atoms with Crippen molar-refractivity contribution in [2.75, 3.05) is 12.3 Å². The largest absolute Gasteiger partial charge is 0.399 e. The van der Waals surface area contributed by atoms with Crippen LogP contribution in [-0.2, 0) is 0 Å². The number of rotatable bonds is 4. The Morgan fingerprint density at radius 3 is 2.89 bits per heavy atom. The summed E-state index contributed by atoms with van der Waals surface area (Å²) in [4.78, 5) is 11.8. The first-order valence-electron chi connectivity index (χ1n) is 6.25. The van der Waals surface area contributed by atoms with Gasteiger partial charge in [0.05, 0.1) is 0 Å². The van der Waals surface area contributed by atoms with Crippen LogP contribution >= 0.6 is 0 Å². The lowest BCUT2D eigenvalue weighted by Gasteiger charge is -2.08. The monoisotopic (exact) mass is 262 g/mol. The average molecular weight is 262 g/mol. The number of carbonyl (C=O) groups excluding carboxylic acids is 1. The van der Waals surface area contributed by atoms with E-state index in [0.717, 1.165) is 19.3 Å². The zero-order chi connectivity index (χ0) is 12.8. The molecule has 1 amide bonds. The van der Waals surface area contributed by atoms with E-state index < -0.39 is 0 Å². The first-order valence-corrected chi connectivity index (χ1v) is 6.25. The molecule has 0 saturated carbocycles. The van der Waals surface area contributed by atoms with Gasteiger partial charge in [-0.05, 0) is 37.5 Å². The molecule has 0 radical (unpaired) electrons. The molecule has 0 fully saturated rings. The second-order valence-electron chi connectivity index (χ2n) is 4.39. The number of carbonyl (C=O) groups is 1. The molecule has 1 aliphatic carbocycles. The van der Waals surface area contributed by atoms with Gasteiger partial charge in [-0.25, -0.2) is 0 Å². The fourth-order valence-corrected chi connectivity index (χ4v) is 1.96. The van der Waals surface area contributed by atoms with E-state index in [1.54, 1.807) is 24.3 Å². The van der Waals surface area contributed by atoms with E-state index >= 15 is 0 Å². The van der Waals surface area contributed by atoms with Gasteiger partial charge in [0.25, 0.3) is 5.91 Å². The molecule has 3 heteroatoms. The number of benzene rings is 1. The molecule has 0 bridgehead atoms. The topological polar surface area (TPSA) is 55.1 Å². The minimum absolute atomic E-state index is 0. The smallest absolute Gasteiger partial charge is 0.251 e. The lowest BCUT2D eigenvalue weighted by Crippen LogP contribution is -2.24. The number of allylic oxidation sites excluding steroid dienone is 3. The molecule has 0 unspecified atom stereocenters. The highest BCUT2D eigenvalue weighted by Gasteiger charge is 2.05. The molecule has 0 aromatic heterocycles. The summed E-state index contributed by atoms with van der Waals surface area (Å²) in [5.41, 5.74) is 8.17. The highest BCUT2D eigenvalue weighted by molar-refractivity contribution is 5.94. The Balaban J connectivity index is 0. The molecule has 0 spiro atoms. The van der Waals surface area contributed by atoms with Gasteiger partial charge in [0.1, 0.15) is 0 Å². The first-order chi connectivity index (χ1) is 8.75. The SMILES string of the molecule is C.Nc1cccc(C(=O)NCCC2=CCCC=C2)c1.[HH].[HH]. The quantitative estimate of drug-likeness (QED) is 0.811. The molecule has 3 N–H and O–H groups in total. The Morgan fingerprint density at radius 2 is 2.21 bits per heavy atom. The highest BCUT2D eigenvalue weighted by Crippen LogP contribution is 2.12. The van der Waals surface area contributed by atoms with Crippen LogP contribution < -0.4 is 11.1 Å². The fourth-order valence-electron chi connectivity index (χ4n) is 1.96.